The van der Waals surface area contributed by atoms with Gasteiger partial charge in [-0.3, -0.25) is 24.5 Å². The number of nitrogens with one attached hydrogen (secondary N) is 3. The number of para-hydroxylation sites is 1. The van der Waals surface area contributed by atoms with Crippen LogP contribution in [0.25, 0.3) is 6.08 Å². The number of hydrogen-bond donors (Lipinski definition) is 3. The summed E-state index contributed by atoms with van der Waals surface area (Å²) in [7, 11) is 0. The first-order valence-corrected chi connectivity index (χ1v) is 15.9. The van der Waals surface area contributed by atoms with E-state index in [1.54, 1.807) is 54.6 Å². The number of anilines is 2. The van der Waals surface area contributed by atoms with Gasteiger partial charge >= 0.3 is 0 Å². The second kappa shape index (κ2) is 15.5. The van der Waals surface area contributed by atoms with E-state index in [0.29, 0.717) is 16.1 Å². The van der Waals surface area contributed by atoms with Crippen molar-refractivity contribution < 1.29 is 19.3 Å². The minimum absolute atomic E-state index is 0.144. The molecular weight excluding hydrogens is 625 g/mol. The summed E-state index contributed by atoms with van der Waals surface area (Å²) in [6.45, 7) is 3.94. The molecule has 3 N–H and O–H groups in total. The molecular formula is C38H32N4O5S. The van der Waals surface area contributed by atoms with Crippen molar-refractivity contribution in [3.63, 3.8) is 0 Å². The molecule has 0 saturated carbocycles. The molecule has 10 heteroatoms. The Labute approximate surface area is 282 Å². The summed E-state index contributed by atoms with van der Waals surface area (Å²) in [5, 5.41) is 19.5. The zero-order valence-electron chi connectivity index (χ0n) is 26.2. The van der Waals surface area contributed by atoms with Gasteiger partial charge in [-0.05, 0) is 73.5 Å². The van der Waals surface area contributed by atoms with Crippen LogP contribution in [0.3, 0.4) is 0 Å². The van der Waals surface area contributed by atoms with Crippen molar-refractivity contribution in [2.24, 2.45) is 0 Å². The van der Waals surface area contributed by atoms with E-state index in [1.165, 1.54) is 36.0 Å². The van der Waals surface area contributed by atoms with Gasteiger partial charge < -0.3 is 16.0 Å². The number of carbonyl (C=O) groups is 3. The van der Waals surface area contributed by atoms with Crippen LogP contribution in [0.2, 0.25) is 0 Å². The van der Waals surface area contributed by atoms with E-state index >= 15 is 0 Å². The predicted octanol–water partition coefficient (Wildman–Crippen LogP) is 8.09. The lowest BCUT2D eigenvalue weighted by Gasteiger charge is -2.19. The van der Waals surface area contributed by atoms with Gasteiger partial charge in [-0.15, -0.1) is 11.8 Å². The second-order valence-electron chi connectivity index (χ2n) is 10.9. The van der Waals surface area contributed by atoms with Crippen LogP contribution in [0.4, 0.5) is 17.1 Å². The van der Waals surface area contributed by atoms with E-state index < -0.39 is 22.0 Å². The van der Waals surface area contributed by atoms with Crippen LogP contribution in [0.1, 0.15) is 37.9 Å². The maximum atomic E-state index is 13.7. The number of nitrogens with zero attached hydrogens (tertiary/aromatic N) is 1. The third-order valence-corrected chi connectivity index (χ3v) is 8.54. The quantitative estimate of drug-likeness (QED) is 0.0570. The first kappa shape index (κ1) is 33.4. The SMILES string of the molecule is Cc1ccc(NC(=O)C(Sc2cccc(NC(=O)/C(=C\c3ccccc3[N+](=O)[O-])NC(=O)c3ccccc3)c2)c2ccccc2)c(C)c1. The molecule has 0 aliphatic rings. The number of nitro benzene ring substituents is 1. The van der Waals surface area contributed by atoms with Crippen LogP contribution in [0.15, 0.2) is 138 Å². The molecule has 0 aromatic heterocycles. The van der Waals surface area contributed by atoms with Crippen LogP contribution in [0, 0.1) is 24.0 Å². The van der Waals surface area contributed by atoms with Crippen molar-refractivity contribution in [1.29, 1.82) is 0 Å². The molecule has 1 atom stereocenters. The molecule has 5 aromatic carbocycles. The van der Waals surface area contributed by atoms with E-state index in [-0.39, 0.29) is 22.9 Å². The van der Waals surface area contributed by atoms with Crippen molar-refractivity contribution in [1.82, 2.24) is 5.32 Å². The van der Waals surface area contributed by atoms with Gasteiger partial charge in [-0.25, -0.2) is 0 Å². The summed E-state index contributed by atoms with van der Waals surface area (Å²) in [5.74, 6) is -1.45. The van der Waals surface area contributed by atoms with E-state index in [9.17, 15) is 24.5 Å². The molecule has 0 heterocycles. The highest BCUT2D eigenvalue weighted by Crippen LogP contribution is 2.37. The van der Waals surface area contributed by atoms with Crippen molar-refractivity contribution in [3.05, 3.63) is 171 Å². The number of thioether (sulfide) groups is 1. The Morgan fingerprint density at radius 3 is 2.17 bits per heavy atom. The molecule has 1 unspecified atom stereocenters. The fourth-order valence-electron chi connectivity index (χ4n) is 4.91. The normalized spacial score (nSPS) is 11.7. The molecule has 240 valence electrons. The van der Waals surface area contributed by atoms with Crippen LogP contribution >= 0.6 is 11.8 Å². The number of benzene rings is 5. The van der Waals surface area contributed by atoms with Gasteiger partial charge in [0.1, 0.15) is 10.9 Å². The summed E-state index contributed by atoms with van der Waals surface area (Å²) in [6.07, 6.45) is 1.27. The smallest absolute Gasteiger partial charge is 0.276 e. The minimum Gasteiger partial charge on any atom is -0.325 e. The zero-order chi connectivity index (χ0) is 34.0. The predicted molar refractivity (Wildman–Crippen MR) is 190 cm³/mol. The van der Waals surface area contributed by atoms with Gasteiger partial charge in [-0.1, -0.05) is 84.4 Å². The molecule has 3 amide bonds. The Kier molecular flexibility index (Phi) is 10.8. The third-order valence-electron chi connectivity index (χ3n) is 7.29. The Hall–Kier alpha value is -6.00. The average Bonchev–Trinajstić information content (AvgIpc) is 3.09. The van der Waals surface area contributed by atoms with Crippen LogP contribution in [-0.2, 0) is 9.59 Å². The van der Waals surface area contributed by atoms with Gasteiger partial charge in [0.15, 0.2) is 0 Å². The maximum Gasteiger partial charge on any atom is 0.276 e. The summed E-state index contributed by atoms with van der Waals surface area (Å²) >= 11 is 1.32. The van der Waals surface area contributed by atoms with E-state index in [1.807, 2.05) is 68.4 Å². The third kappa shape index (κ3) is 8.62. The summed E-state index contributed by atoms with van der Waals surface area (Å²) in [6, 6.07) is 36.5. The summed E-state index contributed by atoms with van der Waals surface area (Å²) in [4.78, 5) is 52.2. The number of amides is 3. The molecule has 0 spiro atoms. The van der Waals surface area contributed by atoms with Crippen molar-refractivity contribution in [3.8, 4) is 0 Å². The Morgan fingerprint density at radius 1 is 0.771 bits per heavy atom. The molecule has 0 bridgehead atoms. The lowest BCUT2D eigenvalue weighted by atomic mass is 10.1. The molecule has 9 nitrogen and oxygen atoms in total. The van der Waals surface area contributed by atoms with E-state index in [0.717, 1.165) is 22.4 Å². The van der Waals surface area contributed by atoms with E-state index in [4.69, 9.17) is 0 Å². The Balaban J connectivity index is 1.41. The summed E-state index contributed by atoms with van der Waals surface area (Å²) in [5.41, 5.74) is 4.02. The lowest BCUT2D eigenvalue weighted by molar-refractivity contribution is -0.385. The van der Waals surface area contributed by atoms with Crippen molar-refractivity contribution in [2.75, 3.05) is 10.6 Å². The molecule has 5 aromatic rings. The first-order chi connectivity index (χ1) is 23.2. The largest absolute Gasteiger partial charge is 0.325 e. The van der Waals surface area contributed by atoms with Gasteiger partial charge in [0.25, 0.3) is 17.5 Å². The van der Waals surface area contributed by atoms with Crippen molar-refractivity contribution in [2.45, 2.75) is 24.0 Å². The summed E-state index contributed by atoms with van der Waals surface area (Å²) < 4.78 is 0. The van der Waals surface area contributed by atoms with Gasteiger partial charge in [0, 0.05) is 27.9 Å². The van der Waals surface area contributed by atoms with Crippen LogP contribution in [0.5, 0.6) is 0 Å². The lowest BCUT2D eigenvalue weighted by Crippen LogP contribution is -2.30. The van der Waals surface area contributed by atoms with Crippen LogP contribution < -0.4 is 16.0 Å². The molecule has 48 heavy (non-hydrogen) atoms. The highest BCUT2D eigenvalue weighted by atomic mass is 32.2. The fraction of sp³-hybridized carbons (Fsp3) is 0.0789. The second-order valence-corrected chi connectivity index (χ2v) is 12.1. The number of carbonyl (C=O) groups excluding carboxylic acids is 3. The Bertz CT molecular complexity index is 2000. The van der Waals surface area contributed by atoms with E-state index in [2.05, 4.69) is 16.0 Å². The molecule has 0 fully saturated rings. The molecule has 0 radical (unpaired) electrons. The molecule has 0 saturated heterocycles. The minimum atomic E-state index is -0.688. The standard InChI is InChI=1S/C38H32N4O5S/c1-25-20-21-32(26(2)22-25)40-38(45)35(27-12-5-3-6-13-27)48-31-18-11-17-30(24-31)39-37(44)33(41-36(43)28-14-7-4-8-15-28)23-29-16-9-10-19-34(29)42(46)47/h3-24,35H,1-2H3,(H,39,44)(H,40,45)(H,41,43)/b33-23+. The monoisotopic (exact) mass is 656 g/mol. The molecule has 0 aliphatic carbocycles. The number of hydrogen-bond acceptors (Lipinski definition) is 6. The van der Waals surface area contributed by atoms with Gasteiger partial charge in [0.2, 0.25) is 5.91 Å². The first-order valence-electron chi connectivity index (χ1n) is 15.0. The molecule has 5 rings (SSSR count). The highest BCUT2D eigenvalue weighted by molar-refractivity contribution is 8.00. The molecule has 0 aliphatic heterocycles. The number of rotatable bonds is 11. The highest BCUT2D eigenvalue weighted by Gasteiger charge is 2.24. The van der Waals surface area contributed by atoms with Gasteiger partial charge in [0.05, 0.1) is 10.5 Å². The maximum absolute atomic E-state index is 13.7. The number of nitro groups is 1. The average molecular weight is 657 g/mol. The van der Waals surface area contributed by atoms with Crippen molar-refractivity contribution >= 4 is 52.6 Å². The van der Waals surface area contributed by atoms with Crippen LogP contribution in [-0.4, -0.2) is 22.6 Å². The fourth-order valence-corrected chi connectivity index (χ4v) is 5.99. The zero-order valence-corrected chi connectivity index (χ0v) is 27.0. The number of aryl methyl sites for hydroxylation is 2. The van der Waals surface area contributed by atoms with Gasteiger partial charge in [-0.2, -0.15) is 0 Å². The Morgan fingerprint density at radius 2 is 1.46 bits per heavy atom. The topological polar surface area (TPSA) is 130 Å².